The number of carbonyl (C=O) groups is 1. The molecule has 0 aliphatic rings. The molecule has 0 aromatic carbocycles. The third-order valence-corrected chi connectivity index (χ3v) is 2.78. The standard InChI is InChI=1S/C11H20N4O.2ClH/c1-9(10(2)12)11(16)14(3)7-8-15-6-4-5-13-15;;/h4-6,9-10H,7-8,12H2,1-3H3;2*1H. The second-order valence-corrected chi connectivity index (χ2v) is 4.18. The molecule has 1 aromatic rings. The third-order valence-electron chi connectivity index (χ3n) is 2.78. The van der Waals surface area contributed by atoms with Gasteiger partial charge in [0.2, 0.25) is 5.91 Å². The van der Waals surface area contributed by atoms with Crippen LogP contribution in [-0.2, 0) is 11.3 Å². The minimum absolute atomic E-state index is 0. The normalized spacial score (nSPS) is 12.9. The van der Waals surface area contributed by atoms with Crippen LogP contribution >= 0.6 is 24.8 Å². The summed E-state index contributed by atoms with van der Waals surface area (Å²) in [6.07, 6.45) is 3.61. The molecule has 0 bridgehead atoms. The van der Waals surface area contributed by atoms with Crippen LogP contribution in [0, 0.1) is 5.92 Å². The van der Waals surface area contributed by atoms with Crippen molar-refractivity contribution in [2.45, 2.75) is 26.4 Å². The number of likely N-dealkylation sites (N-methyl/N-ethyl adjacent to an activating group) is 1. The van der Waals surface area contributed by atoms with Gasteiger partial charge in [0.15, 0.2) is 0 Å². The molecule has 1 rings (SSSR count). The summed E-state index contributed by atoms with van der Waals surface area (Å²) in [6.45, 7) is 5.07. The molecule has 2 N–H and O–H groups in total. The maximum Gasteiger partial charge on any atom is 0.226 e. The van der Waals surface area contributed by atoms with Gasteiger partial charge < -0.3 is 10.6 Å². The van der Waals surface area contributed by atoms with Crippen molar-refractivity contribution in [2.75, 3.05) is 13.6 Å². The highest BCUT2D eigenvalue weighted by Crippen LogP contribution is 2.04. The highest BCUT2D eigenvalue weighted by molar-refractivity contribution is 5.85. The Morgan fingerprint density at radius 2 is 2.06 bits per heavy atom. The average molecular weight is 297 g/mol. The van der Waals surface area contributed by atoms with Gasteiger partial charge in [0.05, 0.1) is 12.5 Å². The molecule has 0 spiro atoms. The number of hydrogen-bond acceptors (Lipinski definition) is 3. The molecule has 18 heavy (non-hydrogen) atoms. The summed E-state index contributed by atoms with van der Waals surface area (Å²) >= 11 is 0. The molecule has 0 radical (unpaired) electrons. The maximum absolute atomic E-state index is 11.9. The largest absolute Gasteiger partial charge is 0.344 e. The van der Waals surface area contributed by atoms with Gasteiger partial charge >= 0.3 is 0 Å². The molecular weight excluding hydrogens is 275 g/mol. The number of hydrogen-bond donors (Lipinski definition) is 1. The fraction of sp³-hybridized carbons (Fsp3) is 0.636. The minimum atomic E-state index is -0.136. The Morgan fingerprint density at radius 3 is 2.50 bits per heavy atom. The van der Waals surface area contributed by atoms with E-state index in [0.717, 1.165) is 0 Å². The first-order valence-corrected chi connectivity index (χ1v) is 5.50. The van der Waals surface area contributed by atoms with Crippen molar-refractivity contribution in [2.24, 2.45) is 11.7 Å². The Kier molecular flexibility index (Phi) is 9.99. The van der Waals surface area contributed by atoms with Crippen LogP contribution in [0.1, 0.15) is 13.8 Å². The van der Waals surface area contributed by atoms with Crippen LogP contribution in [0.25, 0.3) is 0 Å². The van der Waals surface area contributed by atoms with E-state index < -0.39 is 0 Å². The molecule has 106 valence electrons. The van der Waals surface area contributed by atoms with Crippen LogP contribution in [0.4, 0.5) is 0 Å². The van der Waals surface area contributed by atoms with Crippen molar-refractivity contribution < 1.29 is 4.79 Å². The lowest BCUT2D eigenvalue weighted by atomic mass is 10.0. The van der Waals surface area contributed by atoms with E-state index in [1.165, 1.54) is 0 Å². The topological polar surface area (TPSA) is 64.2 Å². The summed E-state index contributed by atoms with van der Waals surface area (Å²) in [4.78, 5) is 13.6. The SMILES string of the molecule is CC(N)C(C)C(=O)N(C)CCn1cccn1.Cl.Cl. The lowest BCUT2D eigenvalue weighted by Crippen LogP contribution is -2.40. The molecule has 0 saturated heterocycles. The number of amides is 1. The molecule has 1 aromatic heterocycles. The van der Waals surface area contributed by atoms with E-state index >= 15 is 0 Å². The van der Waals surface area contributed by atoms with Crippen molar-refractivity contribution in [3.8, 4) is 0 Å². The molecule has 2 atom stereocenters. The molecule has 0 aliphatic heterocycles. The summed E-state index contributed by atoms with van der Waals surface area (Å²) in [5, 5.41) is 4.08. The number of halogens is 2. The van der Waals surface area contributed by atoms with E-state index in [2.05, 4.69) is 5.10 Å². The number of nitrogens with zero attached hydrogens (tertiary/aromatic N) is 3. The van der Waals surface area contributed by atoms with E-state index in [0.29, 0.717) is 13.1 Å². The fourth-order valence-electron chi connectivity index (χ4n) is 1.37. The highest BCUT2D eigenvalue weighted by atomic mass is 35.5. The second-order valence-electron chi connectivity index (χ2n) is 4.18. The number of nitrogens with two attached hydrogens (primary N) is 1. The Hall–Kier alpha value is -0.780. The Bertz CT molecular complexity index is 330. The summed E-state index contributed by atoms with van der Waals surface area (Å²) < 4.78 is 1.81. The Morgan fingerprint density at radius 1 is 1.44 bits per heavy atom. The Balaban J connectivity index is 0. The minimum Gasteiger partial charge on any atom is -0.344 e. The fourth-order valence-corrected chi connectivity index (χ4v) is 1.37. The monoisotopic (exact) mass is 296 g/mol. The lowest BCUT2D eigenvalue weighted by Gasteiger charge is -2.23. The predicted octanol–water partition coefficient (Wildman–Crippen LogP) is 1.17. The van der Waals surface area contributed by atoms with Gasteiger partial charge in [0, 0.05) is 32.0 Å². The molecule has 5 nitrogen and oxygen atoms in total. The number of carbonyl (C=O) groups excluding carboxylic acids is 1. The van der Waals surface area contributed by atoms with Gasteiger partial charge in [-0.1, -0.05) is 6.92 Å². The smallest absolute Gasteiger partial charge is 0.226 e. The van der Waals surface area contributed by atoms with Gasteiger partial charge in [-0.3, -0.25) is 9.48 Å². The maximum atomic E-state index is 11.9. The molecule has 0 aliphatic carbocycles. The first-order chi connectivity index (χ1) is 7.52. The van der Waals surface area contributed by atoms with Crippen LogP contribution < -0.4 is 5.73 Å². The van der Waals surface area contributed by atoms with Gasteiger partial charge in [0.1, 0.15) is 0 Å². The van der Waals surface area contributed by atoms with Crippen molar-refractivity contribution in [1.29, 1.82) is 0 Å². The van der Waals surface area contributed by atoms with Crippen molar-refractivity contribution >= 4 is 30.7 Å². The average Bonchev–Trinajstić information content (AvgIpc) is 2.76. The summed E-state index contributed by atoms with van der Waals surface area (Å²) in [5.41, 5.74) is 5.70. The van der Waals surface area contributed by atoms with Crippen molar-refractivity contribution in [3.05, 3.63) is 18.5 Å². The quantitative estimate of drug-likeness (QED) is 0.887. The zero-order valence-electron chi connectivity index (χ0n) is 10.9. The first-order valence-electron chi connectivity index (χ1n) is 5.50. The molecule has 0 saturated carbocycles. The Labute approximate surface area is 121 Å². The molecule has 7 heteroatoms. The number of aromatic nitrogens is 2. The number of rotatable bonds is 5. The van der Waals surface area contributed by atoms with Gasteiger partial charge in [-0.15, -0.1) is 24.8 Å². The van der Waals surface area contributed by atoms with Crippen LogP contribution in [0.5, 0.6) is 0 Å². The molecule has 0 fully saturated rings. The molecule has 2 unspecified atom stereocenters. The van der Waals surface area contributed by atoms with Gasteiger partial charge in [-0.25, -0.2) is 0 Å². The van der Waals surface area contributed by atoms with Crippen LogP contribution in [0.2, 0.25) is 0 Å². The van der Waals surface area contributed by atoms with Gasteiger partial charge in [-0.05, 0) is 13.0 Å². The van der Waals surface area contributed by atoms with Gasteiger partial charge in [0.25, 0.3) is 0 Å². The van der Waals surface area contributed by atoms with E-state index in [-0.39, 0.29) is 42.7 Å². The van der Waals surface area contributed by atoms with Crippen LogP contribution in [0.3, 0.4) is 0 Å². The lowest BCUT2D eigenvalue weighted by molar-refractivity contribution is -0.134. The molecular formula is C11H22Cl2N4O. The van der Waals surface area contributed by atoms with Crippen LogP contribution in [-0.4, -0.2) is 40.2 Å². The van der Waals surface area contributed by atoms with E-state index in [1.54, 1.807) is 22.8 Å². The highest BCUT2D eigenvalue weighted by Gasteiger charge is 2.20. The summed E-state index contributed by atoms with van der Waals surface area (Å²) in [5.74, 6) is -0.0511. The van der Waals surface area contributed by atoms with Gasteiger partial charge in [-0.2, -0.15) is 5.10 Å². The first kappa shape index (κ1) is 19.6. The third kappa shape index (κ3) is 5.71. The predicted molar refractivity (Wildman–Crippen MR) is 77.2 cm³/mol. The zero-order valence-corrected chi connectivity index (χ0v) is 12.6. The van der Waals surface area contributed by atoms with Crippen molar-refractivity contribution in [1.82, 2.24) is 14.7 Å². The van der Waals surface area contributed by atoms with E-state index in [4.69, 9.17) is 5.73 Å². The summed E-state index contributed by atoms with van der Waals surface area (Å²) in [7, 11) is 1.80. The second kappa shape index (κ2) is 9.19. The molecule has 1 amide bonds. The van der Waals surface area contributed by atoms with Crippen LogP contribution in [0.15, 0.2) is 18.5 Å². The van der Waals surface area contributed by atoms with Crippen molar-refractivity contribution in [3.63, 3.8) is 0 Å². The summed E-state index contributed by atoms with van der Waals surface area (Å²) in [6, 6.07) is 1.76. The van der Waals surface area contributed by atoms with E-state index in [9.17, 15) is 4.79 Å². The van der Waals surface area contributed by atoms with E-state index in [1.807, 2.05) is 26.1 Å². The molecule has 1 heterocycles. The zero-order chi connectivity index (χ0) is 12.1.